The summed E-state index contributed by atoms with van der Waals surface area (Å²) in [6.07, 6.45) is 6.70. The monoisotopic (exact) mass is 438 g/mol. The molecule has 1 saturated heterocycles. The van der Waals surface area contributed by atoms with Crippen LogP contribution in [0.4, 0.5) is 4.79 Å². The van der Waals surface area contributed by atoms with Crippen molar-refractivity contribution in [2.75, 3.05) is 13.7 Å². The molecule has 0 saturated carbocycles. The second-order valence-electron chi connectivity index (χ2n) is 7.81. The molecule has 8 heteroatoms. The summed E-state index contributed by atoms with van der Waals surface area (Å²) in [7, 11) is 1.35. The lowest BCUT2D eigenvalue weighted by molar-refractivity contribution is -0.122. The lowest BCUT2D eigenvalue weighted by atomic mass is 10.1. The number of methoxy groups -OCH3 is 1. The van der Waals surface area contributed by atoms with Crippen molar-refractivity contribution < 1.29 is 19.1 Å². The molecule has 2 N–H and O–H groups in total. The van der Waals surface area contributed by atoms with Crippen LogP contribution in [-0.2, 0) is 22.4 Å². The maximum Gasteiger partial charge on any atom is 0.337 e. The van der Waals surface area contributed by atoms with Gasteiger partial charge in [0.2, 0.25) is 0 Å². The summed E-state index contributed by atoms with van der Waals surface area (Å²) in [5.41, 5.74) is 3.18. The highest BCUT2D eigenvalue weighted by Gasteiger charge is 2.33. The molecule has 0 atom stereocenters. The van der Waals surface area contributed by atoms with E-state index in [1.165, 1.54) is 12.0 Å². The Kier molecular flexibility index (Phi) is 7.81. The van der Waals surface area contributed by atoms with Crippen molar-refractivity contribution >= 4 is 24.0 Å². The number of hydrogen-bond donors (Lipinski definition) is 2. The molecule has 3 rings (SSSR count). The number of carbonyl (C=O) groups excluding carboxylic acids is 3. The van der Waals surface area contributed by atoms with E-state index in [-0.39, 0.29) is 23.6 Å². The lowest BCUT2D eigenvalue weighted by Gasteiger charge is -2.09. The Labute approximate surface area is 188 Å². The van der Waals surface area contributed by atoms with Crippen LogP contribution >= 0.6 is 0 Å². The van der Waals surface area contributed by atoms with Crippen LogP contribution in [0.5, 0.6) is 0 Å². The summed E-state index contributed by atoms with van der Waals surface area (Å²) in [6.45, 7) is 4.54. The van der Waals surface area contributed by atoms with E-state index in [0.717, 1.165) is 49.2 Å². The zero-order valence-electron chi connectivity index (χ0n) is 18.9. The number of amides is 3. The van der Waals surface area contributed by atoms with Crippen LogP contribution in [0, 0.1) is 0 Å². The van der Waals surface area contributed by atoms with Crippen molar-refractivity contribution in [2.45, 2.75) is 52.4 Å². The third-order valence-electron chi connectivity index (χ3n) is 5.36. The third kappa shape index (κ3) is 5.43. The van der Waals surface area contributed by atoms with Crippen LogP contribution in [0.1, 0.15) is 72.7 Å². The Hall–Kier alpha value is -3.42. The van der Waals surface area contributed by atoms with E-state index in [1.54, 1.807) is 18.2 Å². The molecular formula is C24H30N4O4. The highest BCUT2D eigenvalue weighted by Crippen LogP contribution is 2.20. The fourth-order valence-corrected chi connectivity index (χ4v) is 3.50. The number of esters is 1. The van der Waals surface area contributed by atoms with Crippen LogP contribution < -0.4 is 5.32 Å². The number of imidazole rings is 1. The summed E-state index contributed by atoms with van der Waals surface area (Å²) in [5.74, 6) is 0.146. The zero-order chi connectivity index (χ0) is 23.1. The molecule has 0 radical (unpaired) electrons. The largest absolute Gasteiger partial charge is 0.465 e. The standard InChI is InChI=1S/C24H30N4O4/c1-4-6-8-21-25-18(14-16-9-11-17(12-10-16)23(30)32-3)19(26-21)15-20-22(29)28(13-7-5-2)24(31)27-20/h9-12,15H,4-8,13-14H2,1-3H3,(H,25,26)(H,27,31)/b20-15-. The molecule has 2 heterocycles. The Morgan fingerprint density at radius 3 is 2.50 bits per heavy atom. The Morgan fingerprint density at radius 1 is 1.12 bits per heavy atom. The SMILES string of the molecule is CCCCc1nc(Cc2ccc(C(=O)OC)cc2)c(/C=C2\NC(=O)N(CCCC)C2=O)[nH]1. The van der Waals surface area contributed by atoms with Gasteiger partial charge in [-0.15, -0.1) is 0 Å². The predicted molar refractivity (Wildman–Crippen MR) is 121 cm³/mol. The van der Waals surface area contributed by atoms with Crippen LogP contribution in [0.2, 0.25) is 0 Å². The van der Waals surface area contributed by atoms with Gasteiger partial charge >= 0.3 is 12.0 Å². The minimum Gasteiger partial charge on any atom is -0.465 e. The zero-order valence-corrected chi connectivity index (χ0v) is 18.9. The van der Waals surface area contributed by atoms with E-state index in [1.807, 2.05) is 19.1 Å². The number of rotatable bonds is 10. The number of aromatic nitrogens is 2. The number of nitrogens with one attached hydrogen (secondary N) is 2. The summed E-state index contributed by atoms with van der Waals surface area (Å²) in [5, 5.41) is 2.68. The number of aromatic amines is 1. The normalized spacial score (nSPS) is 14.8. The molecule has 8 nitrogen and oxygen atoms in total. The van der Waals surface area contributed by atoms with Gasteiger partial charge in [-0.1, -0.05) is 38.8 Å². The number of carbonyl (C=O) groups is 3. The summed E-state index contributed by atoms with van der Waals surface area (Å²) >= 11 is 0. The second kappa shape index (κ2) is 10.7. The van der Waals surface area contributed by atoms with Gasteiger partial charge in [-0.3, -0.25) is 9.69 Å². The molecule has 3 amide bonds. The number of H-pyrrole nitrogens is 1. The number of nitrogens with zero attached hydrogens (tertiary/aromatic N) is 2. The number of unbranched alkanes of at least 4 members (excludes halogenated alkanes) is 2. The van der Waals surface area contributed by atoms with Crippen LogP contribution in [0.25, 0.3) is 6.08 Å². The number of benzene rings is 1. The molecule has 1 aromatic heterocycles. The van der Waals surface area contributed by atoms with Gasteiger partial charge in [0.05, 0.1) is 24.1 Å². The van der Waals surface area contributed by atoms with E-state index < -0.39 is 0 Å². The molecule has 1 aliphatic heterocycles. The average Bonchev–Trinajstić information content (AvgIpc) is 3.30. The van der Waals surface area contributed by atoms with E-state index >= 15 is 0 Å². The van der Waals surface area contributed by atoms with Gasteiger partial charge in [0.1, 0.15) is 11.5 Å². The van der Waals surface area contributed by atoms with Gasteiger partial charge in [0, 0.05) is 19.4 Å². The number of ether oxygens (including phenoxy) is 1. The molecule has 1 fully saturated rings. The van der Waals surface area contributed by atoms with E-state index in [0.29, 0.717) is 24.2 Å². The molecule has 0 spiro atoms. The van der Waals surface area contributed by atoms with Crippen molar-refractivity contribution in [3.8, 4) is 0 Å². The van der Waals surface area contributed by atoms with Crippen molar-refractivity contribution in [1.29, 1.82) is 0 Å². The van der Waals surface area contributed by atoms with Crippen LogP contribution in [-0.4, -0.2) is 46.4 Å². The number of hydrogen-bond acceptors (Lipinski definition) is 5. The third-order valence-corrected chi connectivity index (χ3v) is 5.36. The maximum atomic E-state index is 12.7. The van der Waals surface area contributed by atoms with Crippen molar-refractivity contribution in [3.63, 3.8) is 0 Å². The molecule has 1 aromatic carbocycles. The summed E-state index contributed by atoms with van der Waals surface area (Å²) in [6, 6.07) is 6.77. The minimum atomic E-state index is -0.389. The Balaban J connectivity index is 1.86. The van der Waals surface area contributed by atoms with Crippen molar-refractivity contribution in [2.24, 2.45) is 0 Å². The molecule has 32 heavy (non-hydrogen) atoms. The molecular weight excluding hydrogens is 408 g/mol. The van der Waals surface area contributed by atoms with Crippen molar-refractivity contribution in [3.05, 3.63) is 58.3 Å². The lowest BCUT2D eigenvalue weighted by Crippen LogP contribution is -2.31. The molecule has 0 unspecified atom stereocenters. The Bertz CT molecular complexity index is 1010. The van der Waals surface area contributed by atoms with Gasteiger partial charge in [-0.2, -0.15) is 0 Å². The molecule has 1 aliphatic rings. The van der Waals surface area contributed by atoms with Crippen LogP contribution in [0.15, 0.2) is 30.0 Å². The van der Waals surface area contributed by atoms with Gasteiger partial charge < -0.3 is 15.0 Å². The van der Waals surface area contributed by atoms with Gasteiger partial charge in [0.15, 0.2) is 0 Å². The maximum absolute atomic E-state index is 12.7. The molecule has 170 valence electrons. The van der Waals surface area contributed by atoms with Gasteiger partial charge in [-0.25, -0.2) is 14.6 Å². The smallest absolute Gasteiger partial charge is 0.337 e. The van der Waals surface area contributed by atoms with Crippen LogP contribution in [0.3, 0.4) is 0 Å². The fraction of sp³-hybridized carbons (Fsp3) is 0.417. The first-order valence-electron chi connectivity index (χ1n) is 11.1. The quantitative estimate of drug-likeness (QED) is 0.333. The van der Waals surface area contributed by atoms with E-state index in [9.17, 15) is 14.4 Å². The summed E-state index contributed by atoms with van der Waals surface area (Å²) in [4.78, 5) is 45.9. The number of urea groups is 1. The average molecular weight is 439 g/mol. The van der Waals surface area contributed by atoms with E-state index in [4.69, 9.17) is 9.72 Å². The Morgan fingerprint density at radius 2 is 1.84 bits per heavy atom. The first-order chi connectivity index (χ1) is 15.5. The first kappa shape index (κ1) is 23.2. The number of aryl methyl sites for hydroxylation is 1. The molecule has 0 bridgehead atoms. The number of imide groups is 1. The van der Waals surface area contributed by atoms with Gasteiger partial charge in [-0.05, 0) is 36.6 Å². The highest BCUT2D eigenvalue weighted by molar-refractivity contribution is 6.13. The fourth-order valence-electron chi connectivity index (χ4n) is 3.50. The summed E-state index contributed by atoms with van der Waals surface area (Å²) < 4.78 is 4.75. The molecule has 0 aliphatic carbocycles. The highest BCUT2D eigenvalue weighted by atomic mass is 16.5. The predicted octanol–water partition coefficient (Wildman–Crippen LogP) is 3.82. The minimum absolute atomic E-state index is 0.249. The first-order valence-corrected chi connectivity index (χ1v) is 11.1. The van der Waals surface area contributed by atoms with Crippen molar-refractivity contribution in [1.82, 2.24) is 20.2 Å². The van der Waals surface area contributed by atoms with Gasteiger partial charge in [0.25, 0.3) is 5.91 Å². The second-order valence-corrected chi connectivity index (χ2v) is 7.81. The van der Waals surface area contributed by atoms with E-state index in [2.05, 4.69) is 17.2 Å². The topological polar surface area (TPSA) is 104 Å². The molecule has 2 aromatic rings.